The highest BCUT2D eigenvalue weighted by atomic mass is 16.4. The van der Waals surface area contributed by atoms with Crippen LogP contribution in [0.15, 0.2) is 97.2 Å². The summed E-state index contributed by atoms with van der Waals surface area (Å²) in [6.07, 6.45) is 5.12. The summed E-state index contributed by atoms with van der Waals surface area (Å²) in [6.45, 7) is 0. The number of carboxylic acids is 1. The van der Waals surface area contributed by atoms with Crippen molar-refractivity contribution < 1.29 is 14.7 Å². The molecule has 0 aliphatic heterocycles. The van der Waals surface area contributed by atoms with Crippen LogP contribution < -0.4 is 0 Å². The normalized spacial score (nSPS) is 10.9. The van der Waals surface area contributed by atoms with E-state index in [0.29, 0.717) is 5.56 Å². The van der Waals surface area contributed by atoms with Crippen molar-refractivity contribution in [1.29, 1.82) is 0 Å². The van der Waals surface area contributed by atoms with E-state index in [1.807, 2.05) is 54.7 Å². The molecule has 0 spiro atoms. The third kappa shape index (κ3) is 4.10. The molecule has 146 valence electrons. The Bertz CT molecular complexity index is 1210. The molecular formula is C25H18N2O3. The van der Waals surface area contributed by atoms with Crippen LogP contribution in [0.25, 0.3) is 23.0 Å². The molecule has 0 radical (unpaired) electrons. The Morgan fingerprint density at radius 2 is 1.43 bits per heavy atom. The molecule has 0 aliphatic rings. The van der Waals surface area contributed by atoms with Gasteiger partial charge in [0.2, 0.25) is 0 Å². The van der Waals surface area contributed by atoms with Gasteiger partial charge in [-0.1, -0.05) is 60.7 Å². The third-order valence-corrected chi connectivity index (χ3v) is 4.64. The Labute approximate surface area is 173 Å². The maximum Gasteiger partial charge on any atom is 0.335 e. The number of ketones is 1. The number of carbonyl (C=O) groups excluding carboxylic acids is 1. The van der Waals surface area contributed by atoms with Crippen LogP contribution in [-0.4, -0.2) is 26.6 Å². The van der Waals surface area contributed by atoms with Crippen LogP contribution in [0.3, 0.4) is 0 Å². The van der Waals surface area contributed by atoms with E-state index in [2.05, 4.69) is 5.10 Å². The number of nitrogens with zero attached hydrogens (tertiary/aromatic N) is 2. The molecule has 1 heterocycles. The molecule has 0 fully saturated rings. The van der Waals surface area contributed by atoms with E-state index in [-0.39, 0.29) is 11.3 Å². The molecule has 4 aromatic rings. The smallest absolute Gasteiger partial charge is 0.335 e. The van der Waals surface area contributed by atoms with Crippen molar-refractivity contribution in [3.05, 3.63) is 114 Å². The van der Waals surface area contributed by atoms with Crippen molar-refractivity contribution in [3.8, 4) is 16.9 Å². The first-order chi connectivity index (χ1) is 14.6. The number of carboxylic acid groups (broad SMARTS) is 1. The molecule has 0 amide bonds. The second kappa shape index (κ2) is 8.41. The molecule has 1 aromatic heterocycles. The fourth-order valence-corrected chi connectivity index (χ4v) is 3.08. The lowest BCUT2D eigenvalue weighted by Crippen LogP contribution is -1.98. The molecule has 0 saturated heterocycles. The van der Waals surface area contributed by atoms with Gasteiger partial charge < -0.3 is 5.11 Å². The number of carbonyl (C=O) groups is 2. The number of aromatic carboxylic acids is 1. The van der Waals surface area contributed by atoms with Crippen LogP contribution in [0, 0.1) is 0 Å². The van der Waals surface area contributed by atoms with Crippen LogP contribution >= 0.6 is 0 Å². The highest BCUT2D eigenvalue weighted by Gasteiger charge is 2.12. The lowest BCUT2D eigenvalue weighted by Gasteiger charge is -2.02. The first-order valence-electron chi connectivity index (χ1n) is 9.38. The van der Waals surface area contributed by atoms with Gasteiger partial charge in [0.25, 0.3) is 0 Å². The van der Waals surface area contributed by atoms with Crippen molar-refractivity contribution in [3.63, 3.8) is 0 Å². The summed E-state index contributed by atoms with van der Waals surface area (Å²) in [5.74, 6) is -1.07. The van der Waals surface area contributed by atoms with Crippen LogP contribution in [0.4, 0.5) is 0 Å². The number of hydrogen-bond donors (Lipinski definition) is 1. The van der Waals surface area contributed by atoms with Gasteiger partial charge in [-0.3, -0.25) is 4.79 Å². The largest absolute Gasteiger partial charge is 0.478 e. The SMILES string of the molecule is O=C(O)c1ccc(-n2cc(/C=C/C(=O)c3ccccc3)c(-c3ccccc3)n2)cc1. The van der Waals surface area contributed by atoms with E-state index in [4.69, 9.17) is 5.11 Å². The highest BCUT2D eigenvalue weighted by molar-refractivity contribution is 6.07. The van der Waals surface area contributed by atoms with Gasteiger partial charge in [-0.15, -0.1) is 0 Å². The van der Waals surface area contributed by atoms with E-state index < -0.39 is 5.97 Å². The molecule has 4 rings (SSSR count). The van der Waals surface area contributed by atoms with Crippen molar-refractivity contribution >= 4 is 17.8 Å². The third-order valence-electron chi connectivity index (χ3n) is 4.64. The molecule has 0 atom stereocenters. The molecule has 5 heteroatoms. The predicted octanol–water partition coefficient (Wildman–Crippen LogP) is 5.13. The summed E-state index contributed by atoms with van der Waals surface area (Å²) in [7, 11) is 0. The molecule has 0 saturated carbocycles. The summed E-state index contributed by atoms with van der Waals surface area (Å²) < 4.78 is 1.68. The Morgan fingerprint density at radius 1 is 0.800 bits per heavy atom. The zero-order valence-electron chi connectivity index (χ0n) is 16.0. The summed E-state index contributed by atoms with van der Waals surface area (Å²) in [4.78, 5) is 23.6. The first kappa shape index (κ1) is 19.1. The number of benzene rings is 3. The van der Waals surface area contributed by atoms with Crippen molar-refractivity contribution in [2.24, 2.45) is 0 Å². The summed E-state index contributed by atoms with van der Waals surface area (Å²) in [6, 6.07) is 25.3. The van der Waals surface area contributed by atoms with Crippen LogP contribution in [0.2, 0.25) is 0 Å². The standard InChI is InChI=1S/C25H18N2O3/c28-23(18-7-3-1-4-8-18)16-13-21-17-27(22-14-11-20(12-15-22)25(29)30)26-24(21)19-9-5-2-6-10-19/h1-17H,(H,29,30)/b16-13+. The fourth-order valence-electron chi connectivity index (χ4n) is 3.08. The molecular weight excluding hydrogens is 376 g/mol. The Morgan fingerprint density at radius 3 is 2.07 bits per heavy atom. The molecule has 30 heavy (non-hydrogen) atoms. The zero-order valence-corrected chi connectivity index (χ0v) is 16.0. The molecule has 0 unspecified atom stereocenters. The van der Waals surface area contributed by atoms with E-state index >= 15 is 0 Å². The minimum Gasteiger partial charge on any atom is -0.478 e. The topological polar surface area (TPSA) is 72.2 Å². The second-order valence-electron chi connectivity index (χ2n) is 6.66. The van der Waals surface area contributed by atoms with E-state index in [1.54, 1.807) is 35.0 Å². The van der Waals surface area contributed by atoms with Crippen LogP contribution in [0.5, 0.6) is 0 Å². The molecule has 1 N–H and O–H groups in total. The Hall–Kier alpha value is -4.25. The highest BCUT2D eigenvalue weighted by Crippen LogP contribution is 2.25. The first-order valence-corrected chi connectivity index (χ1v) is 9.38. The van der Waals surface area contributed by atoms with Gasteiger partial charge in [-0.25, -0.2) is 9.48 Å². The average Bonchev–Trinajstić information content (AvgIpc) is 3.23. The van der Waals surface area contributed by atoms with Gasteiger partial charge in [-0.05, 0) is 36.4 Å². The minimum atomic E-state index is -0.977. The molecule has 5 nitrogen and oxygen atoms in total. The lowest BCUT2D eigenvalue weighted by atomic mass is 10.1. The van der Waals surface area contributed by atoms with Crippen molar-refractivity contribution in [1.82, 2.24) is 9.78 Å². The van der Waals surface area contributed by atoms with Gasteiger partial charge in [0, 0.05) is 22.9 Å². The van der Waals surface area contributed by atoms with E-state index in [9.17, 15) is 9.59 Å². The van der Waals surface area contributed by atoms with Gasteiger partial charge in [0.15, 0.2) is 5.78 Å². The van der Waals surface area contributed by atoms with Crippen molar-refractivity contribution in [2.45, 2.75) is 0 Å². The zero-order chi connectivity index (χ0) is 20.9. The maximum atomic E-state index is 12.5. The number of allylic oxidation sites excluding steroid dienone is 1. The van der Waals surface area contributed by atoms with Gasteiger partial charge in [0.05, 0.1) is 16.9 Å². The quantitative estimate of drug-likeness (QED) is 0.363. The maximum absolute atomic E-state index is 12.5. The molecule has 0 aliphatic carbocycles. The number of hydrogen-bond acceptors (Lipinski definition) is 3. The van der Waals surface area contributed by atoms with Gasteiger partial charge >= 0.3 is 5.97 Å². The van der Waals surface area contributed by atoms with Crippen LogP contribution in [-0.2, 0) is 0 Å². The van der Waals surface area contributed by atoms with Gasteiger partial charge in [-0.2, -0.15) is 5.10 Å². The summed E-state index contributed by atoms with van der Waals surface area (Å²) in [5, 5.41) is 13.8. The monoisotopic (exact) mass is 394 g/mol. The number of aromatic nitrogens is 2. The average molecular weight is 394 g/mol. The van der Waals surface area contributed by atoms with Crippen molar-refractivity contribution in [2.75, 3.05) is 0 Å². The predicted molar refractivity (Wildman–Crippen MR) is 116 cm³/mol. The minimum absolute atomic E-state index is 0.0897. The summed E-state index contributed by atoms with van der Waals surface area (Å²) in [5.41, 5.74) is 3.99. The van der Waals surface area contributed by atoms with E-state index in [0.717, 1.165) is 22.5 Å². The molecule has 3 aromatic carbocycles. The van der Waals surface area contributed by atoms with Crippen LogP contribution in [0.1, 0.15) is 26.3 Å². The van der Waals surface area contributed by atoms with E-state index in [1.165, 1.54) is 18.2 Å². The summed E-state index contributed by atoms with van der Waals surface area (Å²) >= 11 is 0. The molecule has 0 bridgehead atoms. The fraction of sp³-hybridized carbons (Fsp3) is 0. The second-order valence-corrected chi connectivity index (χ2v) is 6.66. The lowest BCUT2D eigenvalue weighted by molar-refractivity contribution is 0.0696. The van der Waals surface area contributed by atoms with Gasteiger partial charge in [0.1, 0.15) is 0 Å². The Balaban J connectivity index is 1.72. The number of rotatable bonds is 6. The Kier molecular flexibility index (Phi) is 5.35.